The number of benzene rings is 1. The third-order valence-electron chi connectivity index (χ3n) is 9.20. The molecule has 43 heavy (non-hydrogen) atoms. The molecule has 0 radical (unpaired) electrons. The molecule has 2 aromatic rings. The van der Waals surface area contributed by atoms with Crippen LogP contribution in [0.25, 0.3) is 10.9 Å². The highest BCUT2D eigenvalue weighted by Crippen LogP contribution is 2.35. The van der Waals surface area contributed by atoms with Crippen LogP contribution in [0.2, 0.25) is 5.15 Å². The number of para-hydroxylation sites is 1. The number of amides is 2. The van der Waals surface area contributed by atoms with Crippen molar-refractivity contribution in [3.8, 4) is 5.75 Å². The van der Waals surface area contributed by atoms with Crippen molar-refractivity contribution < 1.29 is 28.6 Å². The number of nitrogens with zero attached hydrogens (tertiary/aromatic N) is 2. The maximum absolute atomic E-state index is 14.2. The predicted molar refractivity (Wildman–Crippen MR) is 164 cm³/mol. The number of pyridine rings is 1. The van der Waals surface area contributed by atoms with E-state index >= 15 is 0 Å². The highest BCUT2D eigenvalue weighted by atomic mass is 35.5. The highest BCUT2D eigenvalue weighted by Gasteiger charge is 2.46. The number of rotatable bonds is 11. The maximum atomic E-state index is 14.2. The molecule has 0 bridgehead atoms. The van der Waals surface area contributed by atoms with Crippen molar-refractivity contribution in [2.45, 2.75) is 94.9 Å². The lowest BCUT2D eigenvalue weighted by atomic mass is 9.96. The number of aromatic nitrogens is 1. The molecule has 5 rings (SSSR count). The Morgan fingerprint density at radius 1 is 1.16 bits per heavy atom. The minimum absolute atomic E-state index is 0.0376. The first-order valence-electron chi connectivity index (χ1n) is 15.6. The number of ether oxygens (including phenoxy) is 3. The van der Waals surface area contributed by atoms with Crippen LogP contribution in [0, 0.1) is 11.8 Å². The number of likely N-dealkylation sites (tertiary alicyclic amines) is 1. The molecule has 3 aliphatic rings. The van der Waals surface area contributed by atoms with Gasteiger partial charge in [0.15, 0.2) is 10.9 Å². The number of alkyl carbamates (subject to hydrolysis) is 1. The van der Waals surface area contributed by atoms with Gasteiger partial charge < -0.3 is 24.4 Å². The average Bonchev–Trinajstić information content (AvgIpc) is 3.78. The summed E-state index contributed by atoms with van der Waals surface area (Å²) >= 11 is 6.44. The molecule has 1 unspecified atom stereocenters. The summed E-state index contributed by atoms with van der Waals surface area (Å²) in [6.07, 6.45) is 10.4. The van der Waals surface area contributed by atoms with Crippen LogP contribution in [0.15, 0.2) is 43.0 Å². The lowest BCUT2D eigenvalue weighted by Gasteiger charge is -2.31. The van der Waals surface area contributed by atoms with Gasteiger partial charge in [0.05, 0.1) is 19.2 Å². The summed E-state index contributed by atoms with van der Waals surface area (Å²) in [6, 6.07) is 7.74. The van der Waals surface area contributed by atoms with E-state index in [2.05, 4.69) is 16.9 Å². The first-order valence-corrected chi connectivity index (χ1v) is 15.9. The molecule has 2 amide bonds. The Morgan fingerprint density at radius 2 is 1.95 bits per heavy atom. The quantitative estimate of drug-likeness (QED) is 0.139. The Hall–Kier alpha value is -3.33. The minimum atomic E-state index is -0.847. The van der Waals surface area contributed by atoms with Crippen LogP contribution in [0.1, 0.15) is 70.6 Å². The number of methoxy groups -OCH3 is 1. The Balaban J connectivity index is 1.30. The standard InChI is InChI=1S/C33H42ClN3O6/c1-3-4-5-11-21-15-10-17-27(21)43-33(40)36-29(22-12-6-7-13-22)31(38)37-20-24(19-26(37)32(39)41-2)42-28-18-23-14-8-9-16-25(23)35-30(28)34/h3,8-9,14,16,18,21-22,24,26-27,29H,1,4-7,10-13,15,17,19-20H2,2H3,(H,36,40)/t21?,24-,26+,27-,29+/m1/s1. The second-order valence-electron chi connectivity index (χ2n) is 12.0. The normalized spacial score (nSPS) is 24.6. The average molecular weight is 612 g/mol. The fourth-order valence-corrected chi connectivity index (χ4v) is 7.17. The van der Waals surface area contributed by atoms with Gasteiger partial charge >= 0.3 is 12.1 Å². The summed E-state index contributed by atoms with van der Waals surface area (Å²) in [5.41, 5.74) is 0.744. The summed E-state index contributed by atoms with van der Waals surface area (Å²) in [6.45, 7) is 3.95. The molecule has 0 spiro atoms. The highest BCUT2D eigenvalue weighted by molar-refractivity contribution is 6.31. The minimum Gasteiger partial charge on any atom is -0.485 e. The van der Waals surface area contributed by atoms with E-state index in [1.165, 1.54) is 12.0 Å². The van der Waals surface area contributed by atoms with Crippen LogP contribution < -0.4 is 10.1 Å². The van der Waals surface area contributed by atoms with E-state index in [4.69, 9.17) is 25.8 Å². The zero-order valence-corrected chi connectivity index (χ0v) is 25.6. The molecule has 1 aromatic carbocycles. The van der Waals surface area contributed by atoms with Gasteiger partial charge in [-0.3, -0.25) is 4.79 Å². The Morgan fingerprint density at radius 3 is 2.72 bits per heavy atom. The maximum Gasteiger partial charge on any atom is 0.408 e. The Bertz CT molecular complexity index is 1310. The number of hydrogen-bond donors (Lipinski definition) is 1. The van der Waals surface area contributed by atoms with Gasteiger partial charge in [0.25, 0.3) is 0 Å². The largest absolute Gasteiger partial charge is 0.485 e. The van der Waals surface area contributed by atoms with Crippen molar-refractivity contribution in [1.29, 1.82) is 0 Å². The van der Waals surface area contributed by atoms with E-state index in [1.807, 2.05) is 36.4 Å². The van der Waals surface area contributed by atoms with E-state index < -0.39 is 30.3 Å². The molecule has 3 fully saturated rings. The monoisotopic (exact) mass is 611 g/mol. The van der Waals surface area contributed by atoms with E-state index in [1.54, 1.807) is 0 Å². The Kier molecular flexibility index (Phi) is 10.4. The fourth-order valence-electron chi connectivity index (χ4n) is 6.98. The molecule has 1 aromatic heterocycles. The molecule has 1 saturated heterocycles. The third-order valence-corrected chi connectivity index (χ3v) is 9.47. The van der Waals surface area contributed by atoms with Gasteiger partial charge in [0.2, 0.25) is 5.91 Å². The van der Waals surface area contributed by atoms with Crippen molar-refractivity contribution in [3.05, 3.63) is 48.1 Å². The van der Waals surface area contributed by atoms with Crippen LogP contribution in [0.5, 0.6) is 5.75 Å². The first-order chi connectivity index (χ1) is 20.9. The van der Waals surface area contributed by atoms with Gasteiger partial charge in [0, 0.05) is 11.8 Å². The number of fused-ring (bicyclic) bond motifs is 1. The number of carbonyl (C=O) groups is 3. The zero-order chi connectivity index (χ0) is 30.3. The molecule has 1 N–H and O–H groups in total. The van der Waals surface area contributed by atoms with E-state index in [0.717, 1.165) is 75.1 Å². The number of carbonyl (C=O) groups excluding carboxylic acids is 3. The van der Waals surface area contributed by atoms with Crippen molar-refractivity contribution >= 4 is 40.5 Å². The second-order valence-corrected chi connectivity index (χ2v) is 12.4. The van der Waals surface area contributed by atoms with Gasteiger partial charge in [-0.25, -0.2) is 14.6 Å². The number of esters is 1. The van der Waals surface area contributed by atoms with Gasteiger partial charge in [-0.1, -0.05) is 48.7 Å². The molecule has 1 aliphatic heterocycles. The summed E-state index contributed by atoms with van der Waals surface area (Å²) in [5, 5.41) is 4.01. The second kappa shape index (κ2) is 14.4. The molecular weight excluding hydrogens is 570 g/mol. The fraction of sp³-hybridized carbons (Fsp3) is 0.576. The number of halogens is 1. The van der Waals surface area contributed by atoms with Gasteiger partial charge in [-0.15, -0.1) is 6.58 Å². The summed E-state index contributed by atoms with van der Waals surface area (Å²) in [5.74, 6) is -0.172. The topological polar surface area (TPSA) is 107 Å². The van der Waals surface area contributed by atoms with Crippen molar-refractivity contribution in [3.63, 3.8) is 0 Å². The van der Waals surface area contributed by atoms with E-state index in [-0.39, 0.29) is 36.0 Å². The van der Waals surface area contributed by atoms with Gasteiger partial charge in [-0.2, -0.15) is 0 Å². The number of unbranched alkanes of at least 4 members (excludes halogenated alkanes) is 1. The molecule has 232 valence electrons. The number of allylic oxidation sites excluding steroid dienone is 1. The lowest BCUT2D eigenvalue weighted by Crippen LogP contribution is -2.55. The molecule has 10 heteroatoms. The SMILES string of the molecule is C=CCCCC1CCC[C@H]1OC(=O)N[C@H](C(=O)N1C[C@H](Oc2cc3ccccc3nc2Cl)C[C@H]1C(=O)OC)C1CCCC1. The van der Waals surface area contributed by atoms with E-state index in [9.17, 15) is 14.4 Å². The lowest BCUT2D eigenvalue weighted by molar-refractivity contribution is -0.152. The van der Waals surface area contributed by atoms with Crippen molar-refractivity contribution in [2.24, 2.45) is 11.8 Å². The van der Waals surface area contributed by atoms with Crippen LogP contribution in [-0.4, -0.2) is 65.8 Å². The van der Waals surface area contributed by atoms with Crippen LogP contribution in [0.4, 0.5) is 4.79 Å². The van der Waals surface area contributed by atoms with Crippen LogP contribution >= 0.6 is 11.6 Å². The number of nitrogens with one attached hydrogen (secondary N) is 1. The van der Waals surface area contributed by atoms with Gasteiger partial charge in [-0.05, 0) is 75.3 Å². The number of hydrogen-bond acceptors (Lipinski definition) is 7. The molecular formula is C33H42ClN3O6. The zero-order valence-electron chi connectivity index (χ0n) is 24.8. The van der Waals surface area contributed by atoms with Crippen LogP contribution in [0.3, 0.4) is 0 Å². The summed E-state index contributed by atoms with van der Waals surface area (Å²) < 4.78 is 17.2. The first kappa shape index (κ1) is 31.1. The van der Waals surface area contributed by atoms with Gasteiger partial charge in [0.1, 0.15) is 24.3 Å². The van der Waals surface area contributed by atoms with E-state index in [0.29, 0.717) is 11.7 Å². The Labute approximate surface area is 258 Å². The predicted octanol–water partition coefficient (Wildman–Crippen LogP) is 6.22. The van der Waals surface area contributed by atoms with Crippen LogP contribution in [-0.2, 0) is 19.1 Å². The molecule has 2 heterocycles. The van der Waals surface area contributed by atoms with Crippen molar-refractivity contribution in [2.75, 3.05) is 13.7 Å². The molecule has 2 saturated carbocycles. The molecule has 9 nitrogen and oxygen atoms in total. The summed E-state index contributed by atoms with van der Waals surface area (Å²) in [4.78, 5) is 46.2. The molecule has 5 atom stereocenters. The van der Waals surface area contributed by atoms with Crippen molar-refractivity contribution in [1.82, 2.24) is 15.2 Å². The third kappa shape index (κ3) is 7.43. The smallest absolute Gasteiger partial charge is 0.408 e. The summed E-state index contributed by atoms with van der Waals surface area (Å²) in [7, 11) is 1.31. The molecule has 2 aliphatic carbocycles.